The van der Waals surface area contributed by atoms with E-state index in [0.717, 1.165) is 16.7 Å². The van der Waals surface area contributed by atoms with Crippen LogP contribution in [0.4, 0.5) is 0 Å². The number of benzene rings is 3. The molecular formula is C27H30O6. The van der Waals surface area contributed by atoms with Crippen LogP contribution in [0, 0.1) is 0 Å². The van der Waals surface area contributed by atoms with Crippen molar-refractivity contribution in [3.05, 3.63) is 108 Å². The monoisotopic (exact) mass is 450 g/mol. The van der Waals surface area contributed by atoms with E-state index in [9.17, 15) is 10.2 Å². The lowest BCUT2D eigenvalue weighted by atomic mass is 9.98. The van der Waals surface area contributed by atoms with Crippen molar-refractivity contribution in [3.63, 3.8) is 0 Å². The second-order valence-electron chi connectivity index (χ2n) is 8.03. The molecule has 6 nitrogen and oxygen atoms in total. The minimum atomic E-state index is -1.26. The van der Waals surface area contributed by atoms with E-state index in [2.05, 4.69) is 0 Å². The summed E-state index contributed by atoms with van der Waals surface area (Å²) < 4.78 is 24.3. The third kappa shape index (κ3) is 6.48. The zero-order valence-electron chi connectivity index (χ0n) is 18.4. The Balaban J connectivity index is 1.53. The summed E-state index contributed by atoms with van der Waals surface area (Å²) in [4.78, 5) is 0. The molecule has 0 aromatic heterocycles. The number of hydrogen-bond acceptors (Lipinski definition) is 6. The van der Waals surface area contributed by atoms with Crippen LogP contribution in [-0.4, -0.2) is 47.5 Å². The first-order chi connectivity index (χ1) is 16.2. The largest absolute Gasteiger partial charge is 0.394 e. The van der Waals surface area contributed by atoms with Crippen LogP contribution in [0.5, 0.6) is 0 Å². The first-order valence-corrected chi connectivity index (χ1v) is 11.2. The Labute approximate surface area is 194 Å². The summed E-state index contributed by atoms with van der Waals surface area (Å²) in [6, 6.07) is 29.3. The molecule has 2 N–H and O–H groups in total. The summed E-state index contributed by atoms with van der Waals surface area (Å²) >= 11 is 0. The van der Waals surface area contributed by atoms with E-state index in [1.165, 1.54) is 0 Å². The average molecular weight is 451 g/mol. The minimum absolute atomic E-state index is 0.284. The van der Waals surface area contributed by atoms with E-state index < -0.39 is 30.7 Å². The maximum absolute atomic E-state index is 10.7. The van der Waals surface area contributed by atoms with Crippen molar-refractivity contribution in [3.8, 4) is 0 Å². The smallest absolute Gasteiger partial charge is 0.184 e. The molecule has 5 atom stereocenters. The quantitative estimate of drug-likeness (QED) is 0.493. The van der Waals surface area contributed by atoms with Gasteiger partial charge in [0.15, 0.2) is 6.29 Å². The van der Waals surface area contributed by atoms with Crippen LogP contribution in [-0.2, 0) is 38.8 Å². The van der Waals surface area contributed by atoms with Gasteiger partial charge in [-0.2, -0.15) is 0 Å². The van der Waals surface area contributed by atoms with Crippen LogP contribution in [0.3, 0.4) is 0 Å². The van der Waals surface area contributed by atoms with Crippen molar-refractivity contribution in [1.29, 1.82) is 0 Å². The van der Waals surface area contributed by atoms with Gasteiger partial charge in [0.2, 0.25) is 0 Å². The lowest BCUT2D eigenvalue weighted by Gasteiger charge is -2.44. The third-order valence-corrected chi connectivity index (χ3v) is 5.65. The zero-order valence-corrected chi connectivity index (χ0v) is 18.4. The fourth-order valence-electron chi connectivity index (χ4n) is 3.91. The van der Waals surface area contributed by atoms with Crippen molar-refractivity contribution >= 4 is 0 Å². The molecule has 1 aliphatic heterocycles. The molecule has 174 valence electrons. The van der Waals surface area contributed by atoms with Crippen molar-refractivity contribution in [2.45, 2.75) is 50.5 Å². The highest BCUT2D eigenvalue weighted by molar-refractivity contribution is 5.15. The molecule has 3 unspecified atom stereocenters. The standard InChI is InChI=1S/C27H30O6/c28-16-23-24(30-17-20-10-4-1-5-11-20)25(31-18-21-12-6-2-7-13-21)26(27(29)33-23)32-19-22-14-8-3-9-15-22/h1-15,23-29H,16-19H2/t23?,24-,25?,26?,27-/m1/s1. The van der Waals surface area contributed by atoms with Gasteiger partial charge in [0, 0.05) is 0 Å². The number of aliphatic hydroxyl groups excluding tert-OH is 2. The number of rotatable bonds is 10. The Hall–Kier alpha value is -2.58. The second-order valence-corrected chi connectivity index (χ2v) is 8.03. The van der Waals surface area contributed by atoms with E-state index in [1.54, 1.807) is 0 Å². The molecule has 1 heterocycles. The van der Waals surface area contributed by atoms with Gasteiger partial charge < -0.3 is 29.2 Å². The van der Waals surface area contributed by atoms with Gasteiger partial charge in [0.25, 0.3) is 0 Å². The highest BCUT2D eigenvalue weighted by Gasteiger charge is 2.47. The van der Waals surface area contributed by atoms with Gasteiger partial charge in [-0.25, -0.2) is 0 Å². The summed E-state index contributed by atoms with van der Waals surface area (Å²) in [5, 5.41) is 20.7. The van der Waals surface area contributed by atoms with E-state index in [-0.39, 0.29) is 13.2 Å². The molecule has 0 amide bonds. The van der Waals surface area contributed by atoms with Gasteiger partial charge >= 0.3 is 0 Å². The summed E-state index contributed by atoms with van der Waals surface area (Å²) in [6.45, 7) is 0.601. The second kappa shape index (κ2) is 12.0. The van der Waals surface area contributed by atoms with Gasteiger partial charge in [-0.3, -0.25) is 0 Å². The van der Waals surface area contributed by atoms with Crippen LogP contribution >= 0.6 is 0 Å². The summed E-state index contributed by atoms with van der Waals surface area (Å²) in [5.74, 6) is 0. The SMILES string of the molecule is OCC1O[C@@H](O)C(OCc2ccccc2)C(OCc2ccccc2)[C@@H]1OCc1ccccc1. The van der Waals surface area contributed by atoms with E-state index >= 15 is 0 Å². The van der Waals surface area contributed by atoms with Crippen LogP contribution in [0.1, 0.15) is 16.7 Å². The molecule has 0 aliphatic carbocycles. The van der Waals surface area contributed by atoms with Crippen molar-refractivity contribution < 1.29 is 29.2 Å². The Morgan fingerprint density at radius 2 is 0.970 bits per heavy atom. The molecular weight excluding hydrogens is 420 g/mol. The predicted molar refractivity (Wildman–Crippen MR) is 123 cm³/mol. The van der Waals surface area contributed by atoms with Gasteiger partial charge in [-0.05, 0) is 16.7 Å². The van der Waals surface area contributed by atoms with Crippen molar-refractivity contribution in [2.24, 2.45) is 0 Å². The lowest BCUT2D eigenvalue weighted by Crippen LogP contribution is -2.61. The molecule has 4 rings (SSSR count). The number of aliphatic hydroxyl groups is 2. The summed E-state index contributed by atoms with van der Waals surface area (Å²) in [5.41, 5.74) is 2.95. The first kappa shape index (κ1) is 23.6. The highest BCUT2D eigenvalue weighted by Crippen LogP contribution is 2.29. The Morgan fingerprint density at radius 1 is 0.576 bits per heavy atom. The van der Waals surface area contributed by atoms with Gasteiger partial charge in [0.05, 0.1) is 26.4 Å². The first-order valence-electron chi connectivity index (χ1n) is 11.2. The number of ether oxygens (including phenoxy) is 4. The van der Waals surface area contributed by atoms with Gasteiger partial charge in [0.1, 0.15) is 24.4 Å². The minimum Gasteiger partial charge on any atom is -0.394 e. The van der Waals surface area contributed by atoms with Crippen molar-refractivity contribution in [2.75, 3.05) is 6.61 Å². The molecule has 0 spiro atoms. The molecule has 3 aromatic carbocycles. The molecule has 1 saturated heterocycles. The molecule has 0 bridgehead atoms. The van der Waals surface area contributed by atoms with Gasteiger partial charge in [-0.1, -0.05) is 91.0 Å². The average Bonchev–Trinajstić information content (AvgIpc) is 2.87. The van der Waals surface area contributed by atoms with Crippen LogP contribution < -0.4 is 0 Å². The maximum Gasteiger partial charge on any atom is 0.184 e. The molecule has 33 heavy (non-hydrogen) atoms. The fourth-order valence-corrected chi connectivity index (χ4v) is 3.91. The summed E-state index contributed by atoms with van der Waals surface area (Å²) in [7, 11) is 0. The van der Waals surface area contributed by atoms with Crippen LogP contribution in [0.25, 0.3) is 0 Å². The summed E-state index contributed by atoms with van der Waals surface area (Å²) in [6.07, 6.45) is -4.09. The Bertz CT molecular complexity index is 937. The van der Waals surface area contributed by atoms with E-state index in [0.29, 0.717) is 13.2 Å². The third-order valence-electron chi connectivity index (χ3n) is 5.65. The zero-order chi connectivity index (χ0) is 22.9. The Kier molecular flexibility index (Phi) is 8.60. The topological polar surface area (TPSA) is 77.4 Å². The van der Waals surface area contributed by atoms with E-state index in [4.69, 9.17) is 18.9 Å². The molecule has 1 fully saturated rings. The molecule has 6 heteroatoms. The maximum atomic E-state index is 10.7. The fraction of sp³-hybridized carbons (Fsp3) is 0.333. The Morgan fingerprint density at radius 3 is 1.39 bits per heavy atom. The molecule has 0 radical (unpaired) electrons. The molecule has 3 aromatic rings. The van der Waals surface area contributed by atoms with Crippen molar-refractivity contribution in [1.82, 2.24) is 0 Å². The highest BCUT2D eigenvalue weighted by atomic mass is 16.7. The number of hydrogen-bond donors (Lipinski definition) is 2. The van der Waals surface area contributed by atoms with Crippen LogP contribution in [0.15, 0.2) is 91.0 Å². The molecule has 0 saturated carbocycles. The van der Waals surface area contributed by atoms with Crippen LogP contribution in [0.2, 0.25) is 0 Å². The molecule has 1 aliphatic rings. The lowest BCUT2D eigenvalue weighted by molar-refractivity contribution is -0.315. The normalized spacial score (nSPS) is 25.1. The van der Waals surface area contributed by atoms with Gasteiger partial charge in [-0.15, -0.1) is 0 Å². The van der Waals surface area contributed by atoms with E-state index in [1.807, 2.05) is 91.0 Å². The predicted octanol–water partition coefficient (Wildman–Crippen LogP) is 3.45.